The van der Waals surface area contributed by atoms with Crippen LogP contribution in [-0.4, -0.2) is 40.5 Å². The third kappa shape index (κ3) is 3.16. The number of carbonyl (C=O) groups excluding carboxylic acids is 1. The van der Waals surface area contributed by atoms with Gasteiger partial charge in [-0.2, -0.15) is 5.10 Å². The number of H-pyrrole nitrogens is 1. The van der Waals surface area contributed by atoms with Gasteiger partial charge in [0.25, 0.3) is 0 Å². The first-order valence-corrected chi connectivity index (χ1v) is 6.42. The Balaban J connectivity index is 1.92. The molecule has 1 atom stereocenters. The lowest BCUT2D eigenvalue weighted by atomic mass is 9.92. The standard InChI is InChI=1S/C13H21N3O/c1-10(2)16-5-3-4-11(8-16)6-12-7-13(9-17)15-14-12/h7,9-11H,3-6,8H2,1-2H3,(H,14,15). The molecule has 0 amide bonds. The molecule has 0 aliphatic carbocycles. The first-order valence-electron chi connectivity index (χ1n) is 6.42. The maximum atomic E-state index is 10.6. The van der Waals surface area contributed by atoms with Crippen LogP contribution < -0.4 is 0 Å². The van der Waals surface area contributed by atoms with Crippen molar-refractivity contribution in [3.05, 3.63) is 17.5 Å². The topological polar surface area (TPSA) is 49.0 Å². The summed E-state index contributed by atoms with van der Waals surface area (Å²) in [6, 6.07) is 2.49. The molecule has 0 bridgehead atoms. The van der Waals surface area contributed by atoms with Crippen LogP contribution in [0.2, 0.25) is 0 Å². The number of carbonyl (C=O) groups is 1. The molecule has 1 aliphatic heterocycles. The number of aromatic nitrogens is 2. The van der Waals surface area contributed by atoms with E-state index >= 15 is 0 Å². The minimum absolute atomic E-state index is 0.511. The van der Waals surface area contributed by atoms with Crippen molar-refractivity contribution in [2.24, 2.45) is 5.92 Å². The van der Waals surface area contributed by atoms with Crippen LogP contribution in [0, 0.1) is 5.92 Å². The summed E-state index contributed by atoms with van der Waals surface area (Å²) >= 11 is 0. The van der Waals surface area contributed by atoms with Crippen molar-refractivity contribution in [1.82, 2.24) is 15.1 Å². The van der Waals surface area contributed by atoms with Gasteiger partial charge in [-0.3, -0.25) is 9.89 Å². The number of nitrogens with one attached hydrogen (secondary N) is 1. The van der Waals surface area contributed by atoms with E-state index in [1.54, 1.807) is 0 Å². The lowest BCUT2D eigenvalue weighted by Gasteiger charge is -2.35. The minimum atomic E-state index is 0.511. The van der Waals surface area contributed by atoms with Crippen LogP contribution in [0.3, 0.4) is 0 Å². The second kappa shape index (κ2) is 5.45. The Morgan fingerprint density at radius 3 is 3.12 bits per heavy atom. The summed E-state index contributed by atoms with van der Waals surface area (Å²) in [6.07, 6.45) is 4.35. The molecule has 1 unspecified atom stereocenters. The predicted octanol–water partition coefficient (Wildman–Crippen LogP) is 1.89. The molecular weight excluding hydrogens is 214 g/mol. The molecule has 1 aliphatic rings. The molecule has 0 radical (unpaired) electrons. The number of piperidine rings is 1. The Morgan fingerprint density at radius 1 is 1.65 bits per heavy atom. The van der Waals surface area contributed by atoms with Gasteiger partial charge in [0, 0.05) is 18.3 Å². The number of aldehydes is 1. The Morgan fingerprint density at radius 2 is 2.47 bits per heavy atom. The third-order valence-electron chi connectivity index (χ3n) is 3.56. The van der Waals surface area contributed by atoms with Gasteiger partial charge in [-0.25, -0.2) is 0 Å². The number of nitrogens with zero attached hydrogens (tertiary/aromatic N) is 2. The lowest BCUT2D eigenvalue weighted by Crippen LogP contribution is -2.40. The molecule has 94 valence electrons. The first kappa shape index (κ1) is 12.3. The van der Waals surface area contributed by atoms with Crippen molar-refractivity contribution in [1.29, 1.82) is 0 Å². The number of hydrogen-bond donors (Lipinski definition) is 1. The molecule has 4 nitrogen and oxygen atoms in total. The molecule has 1 aromatic heterocycles. The van der Waals surface area contributed by atoms with Crippen LogP contribution in [0.4, 0.5) is 0 Å². The number of rotatable bonds is 4. The maximum absolute atomic E-state index is 10.6. The van der Waals surface area contributed by atoms with Crippen LogP contribution in [0.25, 0.3) is 0 Å². The molecule has 1 N–H and O–H groups in total. The lowest BCUT2D eigenvalue weighted by molar-refractivity contribution is 0.111. The summed E-state index contributed by atoms with van der Waals surface area (Å²) in [4.78, 5) is 13.1. The van der Waals surface area contributed by atoms with Crippen LogP contribution in [0.5, 0.6) is 0 Å². The van der Waals surface area contributed by atoms with Gasteiger partial charge in [0.2, 0.25) is 0 Å². The van der Waals surface area contributed by atoms with Crippen LogP contribution in [0.15, 0.2) is 6.07 Å². The molecule has 2 heterocycles. The van der Waals surface area contributed by atoms with Crippen molar-refractivity contribution in [3.8, 4) is 0 Å². The second-order valence-corrected chi connectivity index (χ2v) is 5.24. The Bertz CT molecular complexity index is 372. The second-order valence-electron chi connectivity index (χ2n) is 5.24. The molecule has 1 fully saturated rings. The van der Waals surface area contributed by atoms with Gasteiger partial charge < -0.3 is 4.90 Å². The monoisotopic (exact) mass is 235 g/mol. The highest BCUT2D eigenvalue weighted by Crippen LogP contribution is 2.21. The summed E-state index contributed by atoms with van der Waals surface area (Å²) in [6.45, 7) is 6.88. The number of aromatic amines is 1. The SMILES string of the molecule is CC(C)N1CCCC(Cc2cc(C=O)n[nH]2)C1. The molecule has 1 aromatic rings. The molecule has 2 rings (SSSR count). The van der Waals surface area contributed by atoms with E-state index in [9.17, 15) is 4.79 Å². The fraction of sp³-hybridized carbons (Fsp3) is 0.692. The van der Waals surface area contributed by atoms with Crippen LogP contribution >= 0.6 is 0 Å². The molecule has 17 heavy (non-hydrogen) atoms. The number of hydrogen-bond acceptors (Lipinski definition) is 3. The number of likely N-dealkylation sites (tertiary alicyclic amines) is 1. The zero-order chi connectivity index (χ0) is 12.3. The predicted molar refractivity (Wildman–Crippen MR) is 67.1 cm³/mol. The zero-order valence-corrected chi connectivity index (χ0v) is 10.6. The van der Waals surface area contributed by atoms with Crippen molar-refractivity contribution >= 4 is 6.29 Å². The zero-order valence-electron chi connectivity index (χ0n) is 10.6. The van der Waals surface area contributed by atoms with E-state index in [4.69, 9.17) is 0 Å². The normalized spacial score (nSPS) is 21.9. The average molecular weight is 235 g/mol. The molecule has 0 aromatic carbocycles. The molecule has 1 saturated heterocycles. The first-order chi connectivity index (χ1) is 8.19. The summed E-state index contributed by atoms with van der Waals surface area (Å²) in [5.74, 6) is 0.686. The highest BCUT2D eigenvalue weighted by molar-refractivity contribution is 5.71. The molecule has 4 heteroatoms. The van der Waals surface area contributed by atoms with E-state index in [0.717, 1.165) is 24.9 Å². The fourth-order valence-electron chi connectivity index (χ4n) is 2.59. The van der Waals surface area contributed by atoms with Crippen LogP contribution in [-0.2, 0) is 6.42 Å². The van der Waals surface area contributed by atoms with Gasteiger partial charge in [-0.05, 0) is 51.6 Å². The van der Waals surface area contributed by atoms with E-state index in [0.29, 0.717) is 17.7 Å². The summed E-state index contributed by atoms with van der Waals surface area (Å²) in [7, 11) is 0. The van der Waals surface area contributed by atoms with Crippen LogP contribution in [0.1, 0.15) is 42.9 Å². The highest BCUT2D eigenvalue weighted by atomic mass is 16.1. The largest absolute Gasteiger partial charge is 0.301 e. The van der Waals surface area contributed by atoms with Crippen molar-refractivity contribution in [2.75, 3.05) is 13.1 Å². The van der Waals surface area contributed by atoms with E-state index in [1.165, 1.54) is 19.4 Å². The Labute approximate surface area is 102 Å². The van der Waals surface area contributed by atoms with Gasteiger partial charge in [-0.1, -0.05) is 0 Å². The van der Waals surface area contributed by atoms with E-state index in [2.05, 4.69) is 28.9 Å². The molecular formula is C13H21N3O. The highest BCUT2D eigenvalue weighted by Gasteiger charge is 2.22. The van der Waals surface area contributed by atoms with E-state index in [1.807, 2.05) is 6.07 Å². The van der Waals surface area contributed by atoms with Gasteiger partial charge >= 0.3 is 0 Å². The third-order valence-corrected chi connectivity index (χ3v) is 3.56. The van der Waals surface area contributed by atoms with Gasteiger partial charge in [0.05, 0.1) is 0 Å². The summed E-state index contributed by atoms with van der Waals surface area (Å²) in [5.41, 5.74) is 1.60. The van der Waals surface area contributed by atoms with Crippen molar-refractivity contribution in [2.45, 2.75) is 39.2 Å². The Hall–Kier alpha value is -1.16. The van der Waals surface area contributed by atoms with E-state index < -0.39 is 0 Å². The van der Waals surface area contributed by atoms with Gasteiger partial charge in [-0.15, -0.1) is 0 Å². The minimum Gasteiger partial charge on any atom is -0.301 e. The average Bonchev–Trinajstić information content (AvgIpc) is 2.77. The van der Waals surface area contributed by atoms with Crippen molar-refractivity contribution < 1.29 is 4.79 Å². The smallest absolute Gasteiger partial charge is 0.170 e. The molecule has 0 saturated carbocycles. The van der Waals surface area contributed by atoms with Crippen molar-refractivity contribution in [3.63, 3.8) is 0 Å². The fourth-order valence-corrected chi connectivity index (χ4v) is 2.59. The quantitative estimate of drug-likeness (QED) is 0.811. The Kier molecular flexibility index (Phi) is 3.94. The molecule has 0 spiro atoms. The van der Waals surface area contributed by atoms with Gasteiger partial charge in [0.15, 0.2) is 6.29 Å². The van der Waals surface area contributed by atoms with E-state index in [-0.39, 0.29) is 0 Å². The maximum Gasteiger partial charge on any atom is 0.170 e. The summed E-state index contributed by atoms with van der Waals surface area (Å²) < 4.78 is 0. The van der Waals surface area contributed by atoms with Gasteiger partial charge in [0.1, 0.15) is 5.69 Å². The summed E-state index contributed by atoms with van der Waals surface area (Å²) in [5, 5.41) is 6.90.